The molecule has 1 aliphatic heterocycles. The van der Waals surface area contributed by atoms with Gasteiger partial charge in [0.1, 0.15) is 4.88 Å². The summed E-state index contributed by atoms with van der Waals surface area (Å²) in [7, 11) is 0. The summed E-state index contributed by atoms with van der Waals surface area (Å²) in [6.45, 7) is 6.61. The van der Waals surface area contributed by atoms with Crippen molar-refractivity contribution in [3.8, 4) is 0 Å². The second-order valence-corrected chi connectivity index (χ2v) is 7.42. The molecule has 5 heteroatoms. The van der Waals surface area contributed by atoms with Crippen LogP contribution in [-0.4, -0.2) is 29.1 Å². The van der Waals surface area contributed by atoms with Crippen LogP contribution in [0.1, 0.15) is 67.2 Å². The predicted molar refractivity (Wildman–Crippen MR) is 80.9 cm³/mol. The Morgan fingerprint density at radius 1 is 1.45 bits per heavy atom. The minimum absolute atomic E-state index is 0.400. The molecule has 4 nitrogen and oxygen atoms in total. The largest absolute Gasteiger partial charge is 0.477 e. The van der Waals surface area contributed by atoms with E-state index in [0.29, 0.717) is 16.2 Å². The molecular formula is C15H22N2O2S. The van der Waals surface area contributed by atoms with Crippen molar-refractivity contribution in [3.63, 3.8) is 0 Å². The van der Waals surface area contributed by atoms with Gasteiger partial charge in [-0.2, -0.15) is 0 Å². The third kappa shape index (κ3) is 2.55. The number of aromatic carboxylic acids is 1. The van der Waals surface area contributed by atoms with Gasteiger partial charge in [0.15, 0.2) is 5.13 Å². The Morgan fingerprint density at radius 3 is 2.60 bits per heavy atom. The minimum atomic E-state index is -0.814. The summed E-state index contributed by atoms with van der Waals surface area (Å²) in [5, 5.41) is 10.2. The summed E-state index contributed by atoms with van der Waals surface area (Å²) in [6, 6.07) is 0. The van der Waals surface area contributed by atoms with Gasteiger partial charge < -0.3 is 10.0 Å². The Bertz CT molecular complexity index is 514. The SMILES string of the molecule is CCC1(C)CCN(c2nc(C3CC3)c(C(=O)O)s2)CC1. The van der Waals surface area contributed by atoms with Crippen molar-refractivity contribution in [1.82, 2.24) is 4.98 Å². The first-order valence-corrected chi connectivity index (χ1v) is 8.33. The molecule has 0 radical (unpaired) electrons. The third-order valence-corrected chi connectivity index (χ3v) is 6.01. The topological polar surface area (TPSA) is 53.4 Å². The second kappa shape index (κ2) is 5.02. The monoisotopic (exact) mass is 294 g/mol. The van der Waals surface area contributed by atoms with Gasteiger partial charge in [0.25, 0.3) is 0 Å². The second-order valence-electron chi connectivity index (χ2n) is 6.44. The molecule has 2 aliphatic rings. The number of hydrogen-bond donors (Lipinski definition) is 1. The van der Waals surface area contributed by atoms with E-state index >= 15 is 0 Å². The molecule has 1 aromatic rings. The first-order chi connectivity index (χ1) is 9.52. The summed E-state index contributed by atoms with van der Waals surface area (Å²) in [4.78, 5) is 18.7. The molecular weight excluding hydrogens is 272 g/mol. The molecule has 0 spiro atoms. The van der Waals surface area contributed by atoms with E-state index in [0.717, 1.165) is 36.8 Å². The maximum Gasteiger partial charge on any atom is 0.347 e. The van der Waals surface area contributed by atoms with E-state index < -0.39 is 5.97 Å². The molecule has 1 N–H and O–H groups in total. The molecule has 1 aliphatic carbocycles. The summed E-state index contributed by atoms with van der Waals surface area (Å²) in [6.07, 6.45) is 5.75. The molecule has 3 rings (SSSR count). The number of nitrogens with zero attached hydrogens (tertiary/aromatic N) is 2. The summed E-state index contributed by atoms with van der Waals surface area (Å²) in [5.41, 5.74) is 1.28. The Kier molecular flexibility index (Phi) is 3.48. The lowest BCUT2D eigenvalue weighted by atomic mass is 9.78. The van der Waals surface area contributed by atoms with Gasteiger partial charge in [-0.05, 0) is 31.1 Å². The van der Waals surface area contributed by atoms with Gasteiger partial charge >= 0.3 is 5.97 Å². The lowest BCUT2D eigenvalue weighted by Crippen LogP contribution is -2.38. The number of aromatic nitrogens is 1. The molecule has 0 amide bonds. The van der Waals surface area contributed by atoms with Crippen LogP contribution in [0.3, 0.4) is 0 Å². The van der Waals surface area contributed by atoms with E-state index in [1.54, 1.807) is 0 Å². The number of carboxylic acids is 1. The fraction of sp³-hybridized carbons (Fsp3) is 0.733. The van der Waals surface area contributed by atoms with E-state index in [1.807, 2.05) is 0 Å². The zero-order chi connectivity index (χ0) is 14.3. The molecule has 1 saturated heterocycles. The number of hydrogen-bond acceptors (Lipinski definition) is 4. The molecule has 1 saturated carbocycles. The zero-order valence-corrected chi connectivity index (χ0v) is 13.0. The van der Waals surface area contributed by atoms with E-state index in [-0.39, 0.29) is 0 Å². The number of carboxylic acid groups (broad SMARTS) is 1. The number of piperidine rings is 1. The van der Waals surface area contributed by atoms with Crippen molar-refractivity contribution in [2.24, 2.45) is 5.41 Å². The Hall–Kier alpha value is -1.10. The lowest BCUT2D eigenvalue weighted by molar-refractivity contribution is 0.0700. The number of anilines is 1. The number of thiazole rings is 1. The smallest absolute Gasteiger partial charge is 0.347 e. The molecule has 20 heavy (non-hydrogen) atoms. The number of rotatable bonds is 4. The average molecular weight is 294 g/mol. The molecule has 110 valence electrons. The average Bonchev–Trinajstić information content (AvgIpc) is 3.18. The fourth-order valence-electron chi connectivity index (χ4n) is 2.83. The molecule has 2 fully saturated rings. The quantitative estimate of drug-likeness (QED) is 0.919. The van der Waals surface area contributed by atoms with Crippen LogP contribution >= 0.6 is 11.3 Å². The van der Waals surface area contributed by atoms with Gasteiger partial charge in [-0.3, -0.25) is 0 Å². The zero-order valence-electron chi connectivity index (χ0n) is 12.2. The van der Waals surface area contributed by atoms with E-state index in [4.69, 9.17) is 0 Å². The molecule has 0 atom stereocenters. The van der Waals surface area contributed by atoms with Gasteiger partial charge in [-0.25, -0.2) is 9.78 Å². The van der Waals surface area contributed by atoms with Gasteiger partial charge in [-0.1, -0.05) is 31.6 Å². The van der Waals surface area contributed by atoms with Crippen LogP contribution in [0.2, 0.25) is 0 Å². The highest BCUT2D eigenvalue weighted by Crippen LogP contribution is 2.45. The Labute approximate surface area is 123 Å². The van der Waals surface area contributed by atoms with Crippen LogP contribution in [-0.2, 0) is 0 Å². The van der Waals surface area contributed by atoms with Crippen LogP contribution < -0.4 is 4.90 Å². The van der Waals surface area contributed by atoms with Gasteiger partial charge in [0, 0.05) is 19.0 Å². The van der Waals surface area contributed by atoms with Gasteiger partial charge in [0.05, 0.1) is 5.69 Å². The van der Waals surface area contributed by atoms with Crippen LogP contribution in [0.5, 0.6) is 0 Å². The minimum Gasteiger partial charge on any atom is -0.477 e. The van der Waals surface area contributed by atoms with E-state index in [9.17, 15) is 9.90 Å². The highest BCUT2D eigenvalue weighted by Gasteiger charge is 2.34. The molecule has 1 aromatic heterocycles. The van der Waals surface area contributed by atoms with Crippen LogP contribution in [0.4, 0.5) is 5.13 Å². The molecule has 0 unspecified atom stereocenters. The lowest BCUT2D eigenvalue weighted by Gasteiger charge is -2.38. The van der Waals surface area contributed by atoms with Crippen LogP contribution in [0.25, 0.3) is 0 Å². The summed E-state index contributed by atoms with van der Waals surface area (Å²) >= 11 is 1.37. The van der Waals surface area contributed by atoms with Crippen molar-refractivity contribution in [2.75, 3.05) is 18.0 Å². The van der Waals surface area contributed by atoms with Crippen molar-refractivity contribution in [2.45, 2.75) is 51.9 Å². The van der Waals surface area contributed by atoms with Gasteiger partial charge in [0.2, 0.25) is 0 Å². The highest BCUT2D eigenvalue weighted by atomic mass is 32.1. The van der Waals surface area contributed by atoms with Crippen molar-refractivity contribution >= 4 is 22.4 Å². The van der Waals surface area contributed by atoms with Crippen molar-refractivity contribution < 1.29 is 9.90 Å². The van der Waals surface area contributed by atoms with Crippen molar-refractivity contribution in [3.05, 3.63) is 10.6 Å². The van der Waals surface area contributed by atoms with E-state index in [2.05, 4.69) is 23.7 Å². The number of carbonyl (C=O) groups is 1. The maximum atomic E-state index is 11.4. The third-order valence-electron chi connectivity index (χ3n) is 4.89. The Balaban J connectivity index is 1.78. The maximum absolute atomic E-state index is 11.4. The molecule has 2 heterocycles. The molecule has 0 bridgehead atoms. The summed E-state index contributed by atoms with van der Waals surface area (Å²) in [5.74, 6) is -0.414. The van der Waals surface area contributed by atoms with Gasteiger partial charge in [-0.15, -0.1) is 0 Å². The molecule has 0 aromatic carbocycles. The first-order valence-electron chi connectivity index (χ1n) is 7.51. The van der Waals surface area contributed by atoms with Crippen LogP contribution in [0, 0.1) is 5.41 Å². The van der Waals surface area contributed by atoms with Crippen molar-refractivity contribution in [1.29, 1.82) is 0 Å². The van der Waals surface area contributed by atoms with E-state index in [1.165, 1.54) is 30.6 Å². The highest BCUT2D eigenvalue weighted by molar-refractivity contribution is 7.17. The fourth-order valence-corrected chi connectivity index (χ4v) is 3.88. The van der Waals surface area contributed by atoms with Crippen LogP contribution in [0.15, 0.2) is 0 Å². The summed E-state index contributed by atoms with van der Waals surface area (Å²) < 4.78 is 0. The standard InChI is InChI=1S/C15H22N2O2S/c1-3-15(2)6-8-17(9-7-15)14-16-11(10-4-5-10)12(20-14)13(18)19/h10H,3-9H2,1-2H3,(H,18,19). The first kappa shape index (κ1) is 13.9. The Morgan fingerprint density at radius 2 is 2.10 bits per heavy atom. The predicted octanol–water partition coefficient (Wildman–Crippen LogP) is 3.74. The normalized spacial score (nSPS) is 22.0.